The maximum absolute atomic E-state index is 11.0. The lowest BCUT2D eigenvalue weighted by Gasteiger charge is -2.38. The van der Waals surface area contributed by atoms with E-state index in [1.807, 2.05) is 35.3 Å². The lowest BCUT2D eigenvalue weighted by molar-refractivity contribution is -0.00532. The summed E-state index contributed by atoms with van der Waals surface area (Å²) in [5.74, 6) is 0.605. The molecule has 8 heteroatoms. The second kappa shape index (κ2) is 7.54. The molecular weight excluding hydrogens is 356 g/mol. The molecule has 0 aliphatic carbocycles. The van der Waals surface area contributed by atoms with Crippen LogP contribution in [-0.2, 0) is 11.4 Å². The summed E-state index contributed by atoms with van der Waals surface area (Å²) in [5.41, 5.74) is 2.65. The fourth-order valence-corrected chi connectivity index (χ4v) is 4.12. The highest BCUT2D eigenvalue weighted by Crippen LogP contribution is 2.40. The number of benzene rings is 1. The summed E-state index contributed by atoms with van der Waals surface area (Å²) < 4.78 is 7.69. The smallest absolute Gasteiger partial charge is 0.225 e. The molecule has 0 bridgehead atoms. The molecule has 2 N–H and O–H groups in total. The van der Waals surface area contributed by atoms with Crippen LogP contribution in [0, 0.1) is 5.41 Å². The zero-order valence-corrected chi connectivity index (χ0v) is 16.7. The minimum atomic E-state index is 0.0731. The molecule has 1 saturated heterocycles. The van der Waals surface area contributed by atoms with E-state index >= 15 is 0 Å². The Bertz CT molecular complexity index is 890. The van der Waals surface area contributed by atoms with E-state index in [9.17, 15) is 5.21 Å². The van der Waals surface area contributed by atoms with Crippen LogP contribution in [0.2, 0.25) is 0 Å². The lowest BCUT2D eigenvalue weighted by atomic mass is 10.1. The highest BCUT2D eigenvalue weighted by Gasteiger charge is 2.35. The molecule has 2 aliphatic rings. The van der Waals surface area contributed by atoms with Gasteiger partial charge in [-0.3, -0.25) is 15.2 Å². The standard InChI is InChI=1S/C20H28N6O2/c1-4-10-24-13-25-19(26(24)27)18(23-11-14(2)28-15(3)12-23)17(22-20(25)21)16-8-6-5-7-9-16/h5-9,14-15,21,27H,4,10-13H2,1-3H3. The number of hydrogen-bond donors (Lipinski definition) is 2. The highest BCUT2D eigenvalue weighted by atomic mass is 16.6. The third-order valence-electron chi connectivity index (χ3n) is 5.19. The molecule has 2 unspecified atom stereocenters. The Morgan fingerprint density at radius 1 is 1.18 bits per heavy atom. The van der Waals surface area contributed by atoms with E-state index in [1.165, 1.54) is 5.17 Å². The Kier molecular flexibility index (Phi) is 5.09. The fraction of sp³-hybridized carbons (Fsp3) is 0.500. The van der Waals surface area contributed by atoms with Crippen LogP contribution >= 0.6 is 0 Å². The molecule has 0 radical (unpaired) electrons. The van der Waals surface area contributed by atoms with E-state index in [2.05, 4.69) is 30.7 Å². The maximum atomic E-state index is 11.0. The Morgan fingerprint density at radius 2 is 1.86 bits per heavy atom. The molecule has 4 rings (SSSR count). The van der Waals surface area contributed by atoms with Gasteiger partial charge in [-0.05, 0) is 20.3 Å². The summed E-state index contributed by atoms with van der Waals surface area (Å²) in [5, 5.41) is 22.5. The number of aromatic nitrogens is 2. The zero-order valence-electron chi connectivity index (χ0n) is 16.7. The number of morpholine rings is 1. The first kappa shape index (κ1) is 18.9. The van der Waals surface area contributed by atoms with Crippen molar-refractivity contribution in [2.75, 3.05) is 29.7 Å². The van der Waals surface area contributed by atoms with Gasteiger partial charge in [-0.25, -0.2) is 4.98 Å². The van der Waals surface area contributed by atoms with Gasteiger partial charge >= 0.3 is 0 Å². The van der Waals surface area contributed by atoms with Gasteiger partial charge in [0.2, 0.25) is 5.62 Å². The molecule has 1 fully saturated rings. The number of rotatable bonds is 4. The number of fused-ring (bicyclic) bond motifs is 1. The van der Waals surface area contributed by atoms with Crippen molar-refractivity contribution in [3.63, 3.8) is 0 Å². The molecule has 2 aromatic rings. The molecule has 0 amide bonds. The predicted molar refractivity (Wildman–Crippen MR) is 107 cm³/mol. The van der Waals surface area contributed by atoms with Crippen molar-refractivity contribution in [3.8, 4) is 11.3 Å². The second-order valence-corrected chi connectivity index (χ2v) is 7.57. The van der Waals surface area contributed by atoms with Gasteiger partial charge in [-0.1, -0.05) is 37.3 Å². The summed E-state index contributed by atoms with van der Waals surface area (Å²) in [7, 11) is 0. The van der Waals surface area contributed by atoms with Crippen LogP contribution in [0.15, 0.2) is 30.3 Å². The van der Waals surface area contributed by atoms with E-state index in [-0.39, 0.29) is 17.8 Å². The summed E-state index contributed by atoms with van der Waals surface area (Å²) >= 11 is 0. The highest BCUT2D eigenvalue weighted by molar-refractivity contribution is 5.84. The number of nitrogens with zero attached hydrogens (tertiary/aromatic N) is 5. The normalized spacial score (nSPS) is 22.6. The molecule has 8 nitrogen and oxygen atoms in total. The van der Waals surface area contributed by atoms with Crippen molar-refractivity contribution in [2.24, 2.45) is 0 Å². The van der Waals surface area contributed by atoms with Crippen molar-refractivity contribution in [1.29, 1.82) is 5.41 Å². The molecule has 2 atom stereocenters. The van der Waals surface area contributed by atoms with Gasteiger partial charge in [0.05, 0.1) is 12.2 Å². The largest absolute Gasteiger partial charge is 0.372 e. The quantitative estimate of drug-likeness (QED) is 0.843. The maximum Gasteiger partial charge on any atom is 0.225 e. The summed E-state index contributed by atoms with van der Waals surface area (Å²) in [4.78, 5) is 6.89. The zero-order chi connectivity index (χ0) is 19.8. The average molecular weight is 384 g/mol. The SMILES string of the molecule is CCCN1Cn2c(c(N3CC(C)OC(C)C3)c(-c3ccccc3)nc2=N)N1O. The first-order valence-corrected chi connectivity index (χ1v) is 9.88. The lowest BCUT2D eigenvalue weighted by Crippen LogP contribution is -2.47. The third-order valence-corrected chi connectivity index (χ3v) is 5.19. The molecular formula is C20H28N6O2. The number of ether oxygens (including phenoxy) is 1. The van der Waals surface area contributed by atoms with Crippen LogP contribution in [0.5, 0.6) is 0 Å². The van der Waals surface area contributed by atoms with Gasteiger partial charge in [0.15, 0.2) is 5.82 Å². The minimum absolute atomic E-state index is 0.0731. The van der Waals surface area contributed by atoms with E-state index in [0.29, 0.717) is 32.1 Å². The number of hydrazine groups is 1. The summed E-state index contributed by atoms with van der Waals surface area (Å²) in [6.45, 7) is 8.73. The van der Waals surface area contributed by atoms with Crippen LogP contribution in [0.4, 0.5) is 11.5 Å². The Balaban J connectivity index is 1.91. The van der Waals surface area contributed by atoms with Crippen molar-refractivity contribution in [2.45, 2.75) is 46.1 Å². The molecule has 1 aromatic carbocycles. The van der Waals surface area contributed by atoms with E-state index < -0.39 is 0 Å². The summed E-state index contributed by atoms with van der Waals surface area (Å²) in [6, 6.07) is 9.89. The van der Waals surface area contributed by atoms with Crippen LogP contribution in [0.3, 0.4) is 0 Å². The van der Waals surface area contributed by atoms with Crippen LogP contribution in [0.25, 0.3) is 11.3 Å². The minimum Gasteiger partial charge on any atom is -0.372 e. The van der Waals surface area contributed by atoms with Gasteiger partial charge in [0, 0.05) is 25.2 Å². The van der Waals surface area contributed by atoms with E-state index in [4.69, 9.17) is 10.1 Å². The predicted octanol–water partition coefficient (Wildman–Crippen LogP) is 2.44. The number of nitrogens with one attached hydrogen (secondary N) is 1. The van der Waals surface area contributed by atoms with Crippen molar-refractivity contribution in [3.05, 3.63) is 36.0 Å². The Morgan fingerprint density at radius 3 is 2.50 bits per heavy atom. The Hall–Kier alpha value is -2.42. The van der Waals surface area contributed by atoms with Crippen molar-refractivity contribution >= 4 is 11.5 Å². The van der Waals surface area contributed by atoms with Gasteiger partial charge in [-0.2, -0.15) is 10.2 Å². The average Bonchev–Trinajstić information content (AvgIpc) is 2.99. The van der Waals surface area contributed by atoms with Gasteiger partial charge in [-0.15, -0.1) is 0 Å². The Labute approximate surface area is 165 Å². The fourth-order valence-electron chi connectivity index (χ4n) is 4.12. The van der Waals surface area contributed by atoms with Gasteiger partial charge in [0.1, 0.15) is 18.1 Å². The molecule has 28 heavy (non-hydrogen) atoms. The number of anilines is 2. The topological polar surface area (TPSA) is 80.9 Å². The first-order chi connectivity index (χ1) is 13.5. The summed E-state index contributed by atoms with van der Waals surface area (Å²) in [6.07, 6.45) is 1.05. The van der Waals surface area contributed by atoms with Crippen molar-refractivity contribution in [1.82, 2.24) is 14.6 Å². The first-order valence-electron chi connectivity index (χ1n) is 9.88. The molecule has 2 aliphatic heterocycles. The molecule has 0 saturated carbocycles. The van der Waals surface area contributed by atoms with Gasteiger partial charge in [0.25, 0.3) is 0 Å². The second-order valence-electron chi connectivity index (χ2n) is 7.57. The molecule has 0 spiro atoms. The van der Waals surface area contributed by atoms with Crippen LogP contribution in [0.1, 0.15) is 27.2 Å². The molecule has 150 valence electrons. The van der Waals surface area contributed by atoms with Gasteiger partial charge < -0.3 is 9.64 Å². The van der Waals surface area contributed by atoms with E-state index in [0.717, 1.165) is 23.4 Å². The molecule has 1 aromatic heterocycles. The molecule has 3 heterocycles. The van der Waals surface area contributed by atoms with Crippen LogP contribution < -0.4 is 15.7 Å². The van der Waals surface area contributed by atoms with Crippen LogP contribution in [-0.4, -0.2) is 51.6 Å². The van der Waals surface area contributed by atoms with E-state index in [1.54, 1.807) is 4.57 Å². The van der Waals surface area contributed by atoms with Crippen molar-refractivity contribution < 1.29 is 9.94 Å². The number of hydrogen-bond acceptors (Lipinski definition) is 7. The third kappa shape index (κ3) is 3.28. The monoisotopic (exact) mass is 384 g/mol.